The number of halogens is 2. The van der Waals surface area contributed by atoms with Crippen LogP contribution in [0.25, 0.3) is 10.9 Å². The number of benzene rings is 2. The maximum Gasteiger partial charge on any atom is 0.326 e. The second kappa shape index (κ2) is 7.35. The summed E-state index contributed by atoms with van der Waals surface area (Å²) in [5.41, 5.74) is 1.76. The second-order valence-corrected chi connectivity index (χ2v) is 5.98. The minimum absolute atomic E-state index is 0.0859. The number of carbonyl (C=O) groups excluding carboxylic acids is 1. The molecule has 26 heavy (non-hydrogen) atoms. The first-order valence-corrected chi connectivity index (χ1v) is 7.94. The first kappa shape index (κ1) is 17.6. The van der Waals surface area contributed by atoms with E-state index in [4.69, 9.17) is 0 Å². The Morgan fingerprint density at radius 3 is 2.50 bits per heavy atom. The number of hydrogen-bond donors (Lipinski definition) is 3. The van der Waals surface area contributed by atoms with Crippen LogP contribution < -0.4 is 5.32 Å². The summed E-state index contributed by atoms with van der Waals surface area (Å²) in [5.74, 6) is -3.39. The number of fused-ring (bicyclic) bond motifs is 1. The maximum atomic E-state index is 13.2. The van der Waals surface area contributed by atoms with Crippen molar-refractivity contribution in [3.63, 3.8) is 0 Å². The third-order valence-electron chi connectivity index (χ3n) is 4.02. The Bertz CT molecular complexity index is 948. The van der Waals surface area contributed by atoms with Gasteiger partial charge in [0.15, 0.2) is 0 Å². The van der Waals surface area contributed by atoms with E-state index in [9.17, 15) is 23.5 Å². The van der Waals surface area contributed by atoms with Crippen LogP contribution in [0.4, 0.5) is 8.78 Å². The van der Waals surface area contributed by atoms with Gasteiger partial charge in [-0.2, -0.15) is 0 Å². The highest BCUT2D eigenvalue weighted by atomic mass is 19.1. The van der Waals surface area contributed by atoms with Crippen molar-refractivity contribution in [1.82, 2.24) is 10.3 Å². The lowest BCUT2D eigenvalue weighted by Crippen LogP contribution is -2.43. The number of rotatable bonds is 6. The van der Waals surface area contributed by atoms with Crippen LogP contribution in [0.5, 0.6) is 0 Å². The molecule has 0 spiro atoms. The van der Waals surface area contributed by atoms with Crippen molar-refractivity contribution in [1.29, 1.82) is 0 Å². The normalized spacial score (nSPS) is 12.1. The van der Waals surface area contributed by atoms with Gasteiger partial charge < -0.3 is 15.4 Å². The fourth-order valence-corrected chi connectivity index (χ4v) is 2.86. The van der Waals surface area contributed by atoms with Gasteiger partial charge in [0.2, 0.25) is 5.91 Å². The molecule has 0 aliphatic carbocycles. The van der Waals surface area contributed by atoms with Crippen molar-refractivity contribution in [2.75, 3.05) is 0 Å². The Hall–Kier alpha value is -3.22. The number of carbonyl (C=O) groups is 2. The number of para-hydroxylation sites is 1. The van der Waals surface area contributed by atoms with Crippen molar-refractivity contribution in [2.45, 2.75) is 18.9 Å². The molecule has 0 saturated heterocycles. The van der Waals surface area contributed by atoms with Crippen molar-refractivity contribution < 1.29 is 23.5 Å². The Morgan fingerprint density at radius 2 is 1.81 bits per heavy atom. The van der Waals surface area contributed by atoms with Gasteiger partial charge in [-0.25, -0.2) is 13.6 Å². The molecule has 134 valence electrons. The van der Waals surface area contributed by atoms with E-state index < -0.39 is 29.6 Å². The Kier molecular flexibility index (Phi) is 4.97. The summed E-state index contributed by atoms with van der Waals surface area (Å²) in [6, 6.07) is 9.06. The zero-order valence-electron chi connectivity index (χ0n) is 13.6. The van der Waals surface area contributed by atoms with Crippen LogP contribution in [0.2, 0.25) is 0 Å². The molecule has 0 aliphatic rings. The lowest BCUT2D eigenvalue weighted by atomic mass is 10.0. The van der Waals surface area contributed by atoms with Crippen molar-refractivity contribution in [3.8, 4) is 0 Å². The number of nitrogens with one attached hydrogen (secondary N) is 2. The average Bonchev–Trinajstić information content (AvgIpc) is 2.96. The van der Waals surface area contributed by atoms with E-state index in [2.05, 4.69) is 10.3 Å². The topological polar surface area (TPSA) is 82.2 Å². The van der Waals surface area contributed by atoms with Gasteiger partial charge in [-0.15, -0.1) is 0 Å². The quantitative estimate of drug-likeness (QED) is 0.634. The molecule has 0 unspecified atom stereocenters. The molecular formula is C19H16F2N2O3. The van der Waals surface area contributed by atoms with Gasteiger partial charge in [0.1, 0.15) is 17.7 Å². The van der Waals surface area contributed by atoms with Gasteiger partial charge in [-0.3, -0.25) is 4.79 Å². The van der Waals surface area contributed by atoms with Crippen LogP contribution in [-0.2, 0) is 22.4 Å². The van der Waals surface area contributed by atoms with Gasteiger partial charge in [-0.05, 0) is 29.3 Å². The van der Waals surface area contributed by atoms with Gasteiger partial charge in [0.25, 0.3) is 0 Å². The number of carboxylic acid groups (broad SMARTS) is 1. The summed E-state index contributed by atoms with van der Waals surface area (Å²) >= 11 is 0. The summed E-state index contributed by atoms with van der Waals surface area (Å²) in [6.45, 7) is 0. The molecule has 0 aliphatic heterocycles. The maximum absolute atomic E-state index is 13.2. The third kappa shape index (κ3) is 4.05. The molecule has 3 aromatic rings. The smallest absolute Gasteiger partial charge is 0.326 e. The lowest BCUT2D eigenvalue weighted by Gasteiger charge is -2.14. The van der Waals surface area contributed by atoms with Crippen LogP contribution in [-0.4, -0.2) is 28.0 Å². The predicted octanol–water partition coefficient (Wildman–Crippen LogP) is 2.80. The highest BCUT2D eigenvalue weighted by Crippen LogP contribution is 2.19. The number of hydrogen-bond acceptors (Lipinski definition) is 2. The largest absolute Gasteiger partial charge is 0.480 e. The van der Waals surface area contributed by atoms with E-state index in [1.54, 1.807) is 6.20 Å². The number of aromatic amines is 1. The minimum Gasteiger partial charge on any atom is -0.480 e. The van der Waals surface area contributed by atoms with Crippen molar-refractivity contribution >= 4 is 22.8 Å². The summed E-state index contributed by atoms with van der Waals surface area (Å²) in [5, 5.41) is 12.7. The van der Waals surface area contributed by atoms with Crippen molar-refractivity contribution in [3.05, 3.63) is 71.4 Å². The molecule has 1 aromatic heterocycles. The zero-order valence-corrected chi connectivity index (χ0v) is 13.6. The lowest BCUT2D eigenvalue weighted by molar-refractivity contribution is -0.141. The fraction of sp³-hybridized carbons (Fsp3) is 0.158. The van der Waals surface area contributed by atoms with E-state index >= 15 is 0 Å². The molecule has 0 radical (unpaired) electrons. The van der Waals surface area contributed by atoms with Crippen molar-refractivity contribution in [2.24, 2.45) is 0 Å². The molecule has 2 aromatic carbocycles. The van der Waals surface area contributed by atoms with Crippen LogP contribution in [0.1, 0.15) is 11.1 Å². The Balaban J connectivity index is 1.72. The molecule has 1 atom stereocenters. The van der Waals surface area contributed by atoms with E-state index in [0.29, 0.717) is 6.07 Å². The summed E-state index contributed by atoms with van der Waals surface area (Å²) < 4.78 is 26.4. The highest BCUT2D eigenvalue weighted by Gasteiger charge is 2.22. The summed E-state index contributed by atoms with van der Waals surface area (Å²) in [4.78, 5) is 26.7. The number of aliphatic carboxylic acids is 1. The molecule has 7 heteroatoms. The molecule has 1 amide bonds. The summed E-state index contributed by atoms with van der Waals surface area (Å²) in [6.07, 6.45) is 1.48. The standard InChI is InChI=1S/C19H16F2N2O3/c20-13-5-11(6-14(21)9-13)7-18(24)23-17(19(25)26)8-12-10-22-16-4-2-1-3-15(12)16/h1-6,9-10,17,22H,7-8H2,(H,23,24)(H,25,26)/t17-/m0/s1. The highest BCUT2D eigenvalue weighted by molar-refractivity contribution is 5.87. The monoisotopic (exact) mass is 358 g/mol. The molecule has 1 heterocycles. The number of amides is 1. The number of aromatic nitrogens is 1. The first-order valence-electron chi connectivity index (χ1n) is 7.94. The van der Waals surface area contributed by atoms with E-state index in [1.165, 1.54) is 0 Å². The SMILES string of the molecule is O=C(Cc1cc(F)cc(F)c1)N[C@@H](Cc1c[nH]c2ccccc12)C(=O)O. The molecule has 3 N–H and O–H groups in total. The zero-order chi connectivity index (χ0) is 18.7. The first-order chi connectivity index (χ1) is 12.4. The second-order valence-electron chi connectivity index (χ2n) is 5.98. The fourth-order valence-electron chi connectivity index (χ4n) is 2.86. The molecule has 0 fully saturated rings. The minimum atomic E-state index is -1.19. The molecule has 5 nitrogen and oxygen atoms in total. The van der Waals surface area contributed by atoms with Gasteiger partial charge in [0, 0.05) is 29.6 Å². The van der Waals surface area contributed by atoms with Crippen LogP contribution >= 0.6 is 0 Å². The van der Waals surface area contributed by atoms with Crippen LogP contribution in [0.15, 0.2) is 48.7 Å². The predicted molar refractivity (Wildman–Crippen MR) is 91.6 cm³/mol. The van der Waals surface area contributed by atoms with Crippen LogP contribution in [0, 0.1) is 11.6 Å². The third-order valence-corrected chi connectivity index (χ3v) is 4.02. The Labute approximate surface area is 147 Å². The molecule has 3 rings (SSSR count). The summed E-state index contributed by atoms with van der Waals surface area (Å²) in [7, 11) is 0. The van der Waals surface area contributed by atoms with Gasteiger partial charge >= 0.3 is 5.97 Å². The molecular weight excluding hydrogens is 342 g/mol. The van der Waals surface area contributed by atoms with E-state index in [-0.39, 0.29) is 18.4 Å². The number of H-pyrrole nitrogens is 1. The average molecular weight is 358 g/mol. The van der Waals surface area contributed by atoms with Crippen LogP contribution in [0.3, 0.4) is 0 Å². The molecule has 0 bridgehead atoms. The van der Waals surface area contributed by atoms with Gasteiger partial charge in [0.05, 0.1) is 6.42 Å². The Morgan fingerprint density at radius 1 is 1.12 bits per heavy atom. The van der Waals surface area contributed by atoms with Gasteiger partial charge in [-0.1, -0.05) is 18.2 Å². The number of carboxylic acids is 1. The van der Waals surface area contributed by atoms with E-state index in [0.717, 1.165) is 28.6 Å². The van der Waals surface area contributed by atoms with E-state index in [1.807, 2.05) is 24.3 Å². The molecule has 0 saturated carbocycles.